The molecule has 3 nitrogen and oxygen atoms in total. The maximum Gasteiger partial charge on any atom is 0.118 e. The summed E-state index contributed by atoms with van der Waals surface area (Å²) in [7, 11) is 0. The second kappa shape index (κ2) is 5.61. The Morgan fingerprint density at radius 3 is 2.70 bits per heavy atom. The van der Waals surface area contributed by atoms with Gasteiger partial charge in [0, 0.05) is 12.0 Å². The summed E-state index contributed by atoms with van der Waals surface area (Å²) >= 11 is 0. The number of nitroso groups, excluding NO2 is 1. The van der Waals surface area contributed by atoms with Crippen molar-refractivity contribution in [1.82, 2.24) is 0 Å². The fourth-order valence-electron chi connectivity index (χ4n) is 3.18. The Kier molecular flexibility index (Phi) is 4.07. The van der Waals surface area contributed by atoms with Crippen LogP contribution in [0.5, 0.6) is 5.75 Å². The van der Waals surface area contributed by atoms with E-state index < -0.39 is 0 Å². The lowest BCUT2D eigenvalue weighted by Gasteiger charge is -2.32. The summed E-state index contributed by atoms with van der Waals surface area (Å²) in [6.45, 7) is 10.2. The van der Waals surface area contributed by atoms with Crippen LogP contribution < -0.4 is 0 Å². The van der Waals surface area contributed by atoms with Crippen LogP contribution in [0.4, 0.5) is 5.69 Å². The van der Waals surface area contributed by atoms with Crippen molar-refractivity contribution in [2.24, 2.45) is 11.1 Å². The monoisotopic (exact) mass is 271 g/mol. The number of allylic oxidation sites excluding steroid dienone is 3. The maximum absolute atomic E-state index is 11.1. The molecule has 0 heterocycles. The van der Waals surface area contributed by atoms with E-state index in [4.69, 9.17) is 0 Å². The maximum atomic E-state index is 11.1. The summed E-state index contributed by atoms with van der Waals surface area (Å²) in [5.74, 6) is 0.529. The van der Waals surface area contributed by atoms with Gasteiger partial charge >= 0.3 is 0 Å². The zero-order chi connectivity index (χ0) is 14.9. The summed E-state index contributed by atoms with van der Waals surface area (Å²) in [6, 6.07) is 3.14. The summed E-state index contributed by atoms with van der Waals surface area (Å²) in [5.41, 5.74) is 4.62. The van der Waals surface area contributed by atoms with E-state index in [-0.39, 0.29) is 11.7 Å². The first-order valence-corrected chi connectivity index (χ1v) is 6.93. The molecule has 1 aliphatic rings. The molecule has 0 saturated carbocycles. The van der Waals surface area contributed by atoms with Crippen LogP contribution in [0, 0.1) is 17.7 Å². The van der Waals surface area contributed by atoms with Gasteiger partial charge in [0.25, 0.3) is 0 Å². The third kappa shape index (κ3) is 2.67. The van der Waals surface area contributed by atoms with Crippen LogP contribution in [0.2, 0.25) is 0 Å². The molecule has 20 heavy (non-hydrogen) atoms. The first-order valence-electron chi connectivity index (χ1n) is 6.93. The summed E-state index contributed by atoms with van der Waals surface area (Å²) in [5, 5.41) is 12.8. The Hall–Kier alpha value is -1.90. The van der Waals surface area contributed by atoms with E-state index in [1.807, 2.05) is 13.8 Å². The molecular weight excluding hydrogens is 250 g/mol. The minimum atomic E-state index is 0.0873. The number of nitrogens with zero attached hydrogens (tertiary/aromatic N) is 1. The number of hydrogen-bond donors (Lipinski definition) is 1. The van der Waals surface area contributed by atoms with Crippen LogP contribution >= 0.6 is 0 Å². The largest absolute Gasteiger partial charge is 0.508 e. The normalized spacial score (nSPS) is 22.2. The highest BCUT2D eigenvalue weighted by molar-refractivity contribution is 5.58. The predicted octanol–water partition coefficient (Wildman–Crippen LogP) is 5.11. The number of aromatic hydroxyl groups is 1. The van der Waals surface area contributed by atoms with Gasteiger partial charge in [0.1, 0.15) is 11.4 Å². The van der Waals surface area contributed by atoms with Gasteiger partial charge < -0.3 is 5.11 Å². The van der Waals surface area contributed by atoms with E-state index in [1.165, 1.54) is 11.6 Å². The smallest absolute Gasteiger partial charge is 0.118 e. The van der Waals surface area contributed by atoms with Crippen molar-refractivity contribution in [3.63, 3.8) is 0 Å². The first kappa shape index (κ1) is 14.5. The number of rotatable bonds is 3. The average Bonchev–Trinajstić information content (AvgIpc) is 2.37. The van der Waals surface area contributed by atoms with Crippen molar-refractivity contribution in [1.29, 1.82) is 0 Å². The molecule has 0 spiro atoms. The van der Waals surface area contributed by atoms with Crippen molar-refractivity contribution in [2.75, 3.05) is 0 Å². The molecule has 0 aromatic heterocycles. The highest BCUT2D eigenvalue weighted by Crippen LogP contribution is 2.45. The molecule has 0 aliphatic heterocycles. The van der Waals surface area contributed by atoms with Gasteiger partial charge in [-0.2, -0.15) is 0 Å². The van der Waals surface area contributed by atoms with Gasteiger partial charge in [-0.15, -0.1) is 4.91 Å². The average molecular weight is 271 g/mol. The minimum Gasteiger partial charge on any atom is -0.508 e. The Labute approximate surface area is 120 Å². The topological polar surface area (TPSA) is 49.7 Å². The van der Waals surface area contributed by atoms with Gasteiger partial charge in [0.15, 0.2) is 0 Å². The lowest BCUT2D eigenvalue weighted by molar-refractivity contribution is 0.469. The van der Waals surface area contributed by atoms with Crippen LogP contribution in [0.25, 0.3) is 0 Å². The Bertz CT molecular complexity index is 587. The third-order valence-corrected chi connectivity index (χ3v) is 4.16. The molecule has 0 bridgehead atoms. The molecule has 1 aliphatic carbocycles. The summed E-state index contributed by atoms with van der Waals surface area (Å²) in [4.78, 5) is 11.1. The van der Waals surface area contributed by atoms with Gasteiger partial charge in [0.2, 0.25) is 0 Å². The lowest BCUT2D eigenvalue weighted by Crippen LogP contribution is -2.17. The zero-order valence-corrected chi connectivity index (χ0v) is 12.3. The van der Waals surface area contributed by atoms with E-state index in [1.54, 1.807) is 6.07 Å². The second-order valence-electron chi connectivity index (χ2n) is 5.82. The number of phenols is 1. The number of benzene rings is 1. The number of aryl methyl sites for hydroxylation is 1. The molecule has 0 radical (unpaired) electrons. The SMILES string of the molecule is C=C(C)C1CCC(C)=CC1c1c(C)cc(O)cc1N=O. The quantitative estimate of drug-likeness (QED) is 0.613. The molecule has 0 amide bonds. The molecule has 1 aromatic carbocycles. The summed E-state index contributed by atoms with van der Waals surface area (Å²) < 4.78 is 0. The van der Waals surface area contributed by atoms with Crippen LogP contribution in [-0.2, 0) is 0 Å². The minimum absolute atomic E-state index is 0.0873. The molecule has 1 aromatic rings. The molecule has 106 valence electrons. The van der Waals surface area contributed by atoms with Crippen LogP contribution in [-0.4, -0.2) is 5.11 Å². The Balaban J connectivity index is 2.60. The van der Waals surface area contributed by atoms with E-state index in [9.17, 15) is 10.0 Å². The van der Waals surface area contributed by atoms with Gasteiger partial charge in [0.05, 0.1) is 0 Å². The van der Waals surface area contributed by atoms with Gasteiger partial charge in [-0.1, -0.05) is 23.8 Å². The van der Waals surface area contributed by atoms with Crippen molar-refractivity contribution in [3.8, 4) is 5.75 Å². The Morgan fingerprint density at radius 2 is 2.10 bits per heavy atom. The molecule has 0 saturated heterocycles. The van der Waals surface area contributed by atoms with Gasteiger partial charge in [-0.3, -0.25) is 0 Å². The highest BCUT2D eigenvalue weighted by Gasteiger charge is 2.29. The molecule has 3 heteroatoms. The fraction of sp³-hybridized carbons (Fsp3) is 0.412. The van der Waals surface area contributed by atoms with E-state index in [0.717, 1.165) is 29.5 Å². The van der Waals surface area contributed by atoms with Crippen LogP contribution in [0.1, 0.15) is 43.7 Å². The van der Waals surface area contributed by atoms with E-state index >= 15 is 0 Å². The Morgan fingerprint density at radius 1 is 1.40 bits per heavy atom. The van der Waals surface area contributed by atoms with Gasteiger partial charge in [-0.25, -0.2) is 0 Å². The predicted molar refractivity (Wildman–Crippen MR) is 82.3 cm³/mol. The molecule has 1 N–H and O–H groups in total. The van der Waals surface area contributed by atoms with Gasteiger partial charge in [-0.05, 0) is 61.9 Å². The van der Waals surface area contributed by atoms with E-state index in [0.29, 0.717) is 11.6 Å². The lowest BCUT2D eigenvalue weighted by atomic mass is 9.73. The zero-order valence-electron chi connectivity index (χ0n) is 12.3. The summed E-state index contributed by atoms with van der Waals surface area (Å²) in [6.07, 6.45) is 4.33. The number of hydrogen-bond acceptors (Lipinski definition) is 3. The van der Waals surface area contributed by atoms with Crippen LogP contribution in [0.15, 0.2) is 41.1 Å². The van der Waals surface area contributed by atoms with Crippen molar-refractivity contribution in [2.45, 2.75) is 39.5 Å². The molecule has 2 atom stereocenters. The number of phenolic OH excluding ortho intramolecular Hbond substituents is 1. The molecular formula is C17H21NO2. The molecule has 2 unspecified atom stereocenters. The first-order chi connectivity index (χ1) is 9.43. The molecule has 2 rings (SSSR count). The third-order valence-electron chi connectivity index (χ3n) is 4.16. The second-order valence-corrected chi connectivity index (χ2v) is 5.82. The molecule has 0 fully saturated rings. The van der Waals surface area contributed by atoms with E-state index in [2.05, 4.69) is 24.8 Å². The fourth-order valence-corrected chi connectivity index (χ4v) is 3.18. The van der Waals surface area contributed by atoms with Crippen LogP contribution in [0.3, 0.4) is 0 Å². The highest BCUT2D eigenvalue weighted by atomic mass is 16.3. The van der Waals surface area contributed by atoms with Crippen molar-refractivity contribution >= 4 is 5.69 Å². The standard InChI is InChI=1S/C17H21NO2/c1-10(2)14-6-5-11(3)7-15(14)17-12(4)8-13(19)9-16(17)18-20/h7-9,14-15,19H,1,5-6H2,2-4H3. The van der Waals surface area contributed by atoms with Crippen molar-refractivity contribution < 1.29 is 5.11 Å². The van der Waals surface area contributed by atoms with Crippen molar-refractivity contribution in [3.05, 3.63) is 52.0 Å².